The normalized spacial score (nSPS) is 20.6. The summed E-state index contributed by atoms with van der Waals surface area (Å²) in [6, 6.07) is 9.00. The first-order valence-corrected chi connectivity index (χ1v) is 11.2. The summed E-state index contributed by atoms with van der Waals surface area (Å²) >= 11 is 0. The van der Waals surface area contributed by atoms with E-state index in [-0.39, 0.29) is 30.0 Å². The van der Waals surface area contributed by atoms with E-state index in [0.29, 0.717) is 24.5 Å². The number of hydrogen-bond donors (Lipinski definition) is 1. The third kappa shape index (κ3) is 4.25. The maximum atomic E-state index is 13.9. The lowest BCUT2D eigenvalue weighted by atomic mass is 9.93. The smallest absolute Gasteiger partial charge is 0.227 e. The van der Waals surface area contributed by atoms with E-state index in [9.17, 15) is 14.4 Å². The Morgan fingerprint density at radius 2 is 2.15 bits per heavy atom. The summed E-state index contributed by atoms with van der Waals surface area (Å²) in [5.74, 6) is 0.188. The van der Waals surface area contributed by atoms with E-state index in [1.165, 1.54) is 17.1 Å². The number of benzene rings is 1. The molecule has 11 heteroatoms. The van der Waals surface area contributed by atoms with Crippen LogP contribution in [0.15, 0.2) is 36.8 Å². The van der Waals surface area contributed by atoms with Crippen molar-refractivity contribution in [2.45, 2.75) is 25.4 Å². The Bertz CT molecular complexity index is 1220. The molecular weight excluding hydrogens is 437 g/mol. The number of hydrogen-bond acceptors (Lipinski definition) is 8. The van der Waals surface area contributed by atoms with Crippen LogP contribution in [0.4, 0.5) is 4.39 Å². The molecule has 0 saturated carbocycles. The molecular formula is C23H24FN9O. The van der Waals surface area contributed by atoms with E-state index in [0.717, 1.165) is 30.8 Å². The van der Waals surface area contributed by atoms with Gasteiger partial charge in [-0.15, -0.1) is 5.10 Å². The summed E-state index contributed by atoms with van der Waals surface area (Å²) in [4.78, 5) is 21.6. The fourth-order valence-corrected chi connectivity index (χ4v) is 4.76. The predicted octanol–water partition coefficient (Wildman–Crippen LogP) is 0.776. The monoisotopic (exact) mass is 461 g/mol. The Morgan fingerprint density at radius 3 is 2.88 bits per heavy atom. The van der Waals surface area contributed by atoms with Crippen molar-refractivity contribution in [2.24, 2.45) is 0 Å². The lowest BCUT2D eigenvalue weighted by Gasteiger charge is -2.47. The van der Waals surface area contributed by atoms with E-state index in [1.807, 2.05) is 17.0 Å². The van der Waals surface area contributed by atoms with Crippen LogP contribution in [-0.4, -0.2) is 79.7 Å². The SMILES string of the molecule is Cc1c([C@H]2CN3CCN(C(=O)Cc4ccc(-n5cnnn5)nc4)C[C@H]3CN2)ccc(F)c1C#N. The van der Waals surface area contributed by atoms with E-state index in [2.05, 4.69) is 30.7 Å². The molecule has 174 valence electrons. The first kappa shape index (κ1) is 22.1. The highest BCUT2D eigenvalue weighted by molar-refractivity contribution is 5.79. The molecule has 0 spiro atoms. The van der Waals surface area contributed by atoms with Crippen LogP contribution in [0.25, 0.3) is 5.82 Å². The molecule has 34 heavy (non-hydrogen) atoms. The second-order valence-corrected chi connectivity index (χ2v) is 8.65. The standard InChI is InChI=1S/C23H24FN9O/c1-15-18(3-4-20(24)19(15)9-25)21-13-31-6-7-32(12-17(31)11-26-21)23(34)8-16-2-5-22(27-10-16)33-14-28-29-30-33/h2-5,10,14,17,21,26H,6-8,11-13H2,1H3/t17-,21-/m1/s1. The Morgan fingerprint density at radius 1 is 1.26 bits per heavy atom. The lowest BCUT2D eigenvalue weighted by Crippen LogP contribution is -2.62. The largest absolute Gasteiger partial charge is 0.340 e. The number of carbonyl (C=O) groups is 1. The number of nitrogens with one attached hydrogen (secondary N) is 1. The van der Waals surface area contributed by atoms with Crippen LogP contribution in [0.3, 0.4) is 0 Å². The third-order valence-electron chi connectivity index (χ3n) is 6.67. The molecule has 2 aliphatic heterocycles. The molecule has 2 fully saturated rings. The Labute approximate surface area is 196 Å². The zero-order valence-corrected chi connectivity index (χ0v) is 18.7. The summed E-state index contributed by atoms with van der Waals surface area (Å²) in [6.07, 6.45) is 3.44. The van der Waals surface area contributed by atoms with Gasteiger partial charge in [-0.3, -0.25) is 9.69 Å². The molecule has 2 atom stereocenters. The molecule has 0 radical (unpaired) electrons. The van der Waals surface area contributed by atoms with Crippen molar-refractivity contribution in [3.8, 4) is 11.9 Å². The highest BCUT2D eigenvalue weighted by Gasteiger charge is 2.35. The van der Waals surface area contributed by atoms with E-state index in [4.69, 9.17) is 0 Å². The fourth-order valence-electron chi connectivity index (χ4n) is 4.76. The Kier molecular flexibility index (Phi) is 6.00. The minimum absolute atomic E-state index is 0.0241. The molecule has 4 heterocycles. The number of aromatic nitrogens is 5. The van der Waals surface area contributed by atoms with Crippen LogP contribution in [0, 0.1) is 24.1 Å². The minimum Gasteiger partial charge on any atom is -0.340 e. The quantitative estimate of drug-likeness (QED) is 0.606. The highest BCUT2D eigenvalue weighted by Crippen LogP contribution is 2.27. The van der Waals surface area contributed by atoms with Crippen molar-refractivity contribution in [2.75, 3.05) is 32.7 Å². The molecule has 1 N–H and O–H groups in total. The summed E-state index contributed by atoms with van der Waals surface area (Å²) in [5, 5.41) is 23.8. The number of nitriles is 1. The first-order chi connectivity index (χ1) is 16.5. The van der Waals surface area contributed by atoms with Crippen molar-refractivity contribution >= 4 is 5.91 Å². The van der Waals surface area contributed by atoms with Gasteiger partial charge < -0.3 is 10.2 Å². The molecule has 5 rings (SSSR count). The van der Waals surface area contributed by atoms with Gasteiger partial charge in [0.15, 0.2) is 5.82 Å². The number of piperazine rings is 2. The number of nitrogens with zero attached hydrogens (tertiary/aromatic N) is 8. The topological polar surface area (TPSA) is 116 Å². The van der Waals surface area contributed by atoms with Crippen molar-refractivity contribution in [1.82, 2.24) is 40.3 Å². The predicted molar refractivity (Wildman–Crippen MR) is 119 cm³/mol. The van der Waals surface area contributed by atoms with Gasteiger partial charge in [0.1, 0.15) is 18.2 Å². The number of halogens is 1. The number of fused-ring (bicyclic) bond motifs is 1. The molecule has 2 aromatic heterocycles. The highest BCUT2D eigenvalue weighted by atomic mass is 19.1. The maximum absolute atomic E-state index is 13.9. The molecule has 0 aliphatic carbocycles. The van der Waals surface area contributed by atoms with Crippen LogP contribution < -0.4 is 5.32 Å². The molecule has 1 aromatic carbocycles. The van der Waals surface area contributed by atoms with Gasteiger partial charge >= 0.3 is 0 Å². The second kappa shape index (κ2) is 9.24. The molecule has 3 aromatic rings. The Balaban J connectivity index is 1.19. The lowest BCUT2D eigenvalue weighted by molar-refractivity contribution is -0.134. The van der Waals surface area contributed by atoms with Crippen LogP contribution in [0.1, 0.15) is 28.3 Å². The number of pyridine rings is 1. The maximum Gasteiger partial charge on any atom is 0.227 e. The zero-order chi connectivity index (χ0) is 23.7. The third-order valence-corrected chi connectivity index (χ3v) is 6.67. The van der Waals surface area contributed by atoms with Gasteiger partial charge in [0.05, 0.1) is 12.0 Å². The van der Waals surface area contributed by atoms with Crippen LogP contribution >= 0.6 is 0 Å². The minimum atomic E-state index is -0.482. The molecule has 2 aliphatic rings. The van der Waals surface area contributed by atoms with Gasteiger partial charge in [-0.2, -0.15) is 9.94 Å². The summed E-state index contributed by atoms with van der Waals surface area (Å²) < 4.78 is 15.4. The van der Waals surface area contributed by atoms with E-state index in [1.54, 1.807) is 25.3 Å². The van der Waals surface area contributed by atoms with Gasteiger partial charge in [-0.25, -0.2) is 9.37 Å². The molecule has 1 amide bonds. The number of amides is 1. The van der Waals surface area contributed by atoms with Gasteiger partial charge in [-0.05, 0) is 46.2 Å². The van der Waals surface area contributed by atoms with Crippen molar-refractivity contribution in [3.63, 3.8) is 0 Å². The van der Waals surface area contributed by atoms with Gasteiger partial charge in [0, 0.05) is 51.0 Å². The number of tetrazole rings is 1. The van der Waals surface area contributed by atoms with Crippen LogP contribution in [-0.2, 0) is 11.2 Å². The second-order valence-electron chi connectivity index (χ2n) is 8.65. The fraction of sp³-hybridized carbons (Fsp3) is 0.391. The van der Waals surface area contributed by atoms with Gasteiger partial charge in [0.25, 0.3) is 0 Å². The van der Waals surface area contributed by atoms with Gasteiger partial charge in [0.2, 0.25) is 5.91 Å². The molecule has 10 nitrogen and oxygen atoms in total. The Hall–Kier alpha value is -3.75. The zero-order valence-electron chi connectivity index (χ0n) is 18.7. The molecule has 0 bridgehead atoms. The summed E-state index contributed by atoms with van der Waals surface area (Å²) in [6.45, 7) is 5.36. The van der Waals surface area contributed by atoms with Crippen LogP contribution in [0.2, 0.25) is 0 Å². The number of rotatable bonds is 4. The average molecular weight is 462 g/mol. The van der Waals surface area contributed by atoms with Crippen molar-refractivity contribution < 1.29 is 9.18 Å². The molecule has 2 saturated heterocycles. The van der Waals surface area contributed by atoms with Crippen LogP contribution in [0.5, 0.6) is 0 Å². The van der Waals surface area contributed by atoms with E-state index >= 15 is 0 Å². The molecule has 0 unspecified atom stereocenters. The van der Waals surface area contributed by atoms with E-state index < -0.39 is 5.82 Å². The van der Waals surface area contributed by atoms with Crippen molar-refractivity contribution in [3.05, 3.63) is 64.9 Å². The summed E-state index contributed by atoms with van der Waals surface area (Å²) in [7, 11) is 0. The van der Waals surface area contributed by atoms with Gasteiger partial charge in [-0.1, -0.05) is 12.1 Å². The average Bonchev–Trinajstić information content (AvgIpc) is 3.39. The summed E-state index contributed by atoms with van der Waals surface area (Å²) in [5.41, 5.74) is 2.59. The first-order valence-electron chi connectivity index (χ1n) is 11.2. The van der Waals surface area contributed by atoms with Crippen molar-refractivity contribution in [1.29, 1.82) is 5.26 Å². The number of carbonyl (C=O) groups excluding carboxylic acids is 1.